The number of hydrogen-bond donors (Lipinski definition) is 0. The van der Waals surface area contributed by atoms with Crippen molar-refractivity contribution in [1.29, 1.82) is 0 Å². The fourth-order valence-corrected chi connectivity index (χ4v) is 0.529. The molecule has 0 fully saturated rings. The fraction of sp³-hybridized carbons (Fsp3) is 0.875. The third-order valence-electron chi connectivity index (χ3n) is 0.998. The van der Waals surface area contributed by atoms with E-state index in [1.807, 2.05) is 0 Å². The summed E-state index contributed by atoms with van der Waals surface area (Å²) in [6, 6.07) is 0. The van der Waals surface area contributed by atoms with E-state index in [1.54, 1.807) is 6.92 Å². The van der Waals surface area contributed by atoms with Gasteiger partial charge >= 0.3 is 23.1 Å². The van der Waals surface area contributed by atoms with Crippen LogP contribution in [0, 0.1) is 6.92 Å². The second-order valence-corrected chi connectivity index (χ2v) is 1.76. The molecule has 0 amide bonds. The Labute approximate surface area is 93.5 Å². The van der Waals surface area contributed by atoms with Gasteiger partial charge in [0.2, 0.25) is 0 Å². The monoisotopic (exact) mass is 189 g/mol. The first-order valence-corrected chi connectivity index (χ1v) is 3.70. The third kappa shape index (κ3) is 35.6. The van der Waals surface area contributed by atoms with E-state index in [0.717, 1.165) is 12.8 Å². The summed E-state index contributed by atoms with van der Waals surface area (Å²) in [5.41, 5.74) is 0. The Balaban J connectivity index is -0.0000000564. The molecule has 0 aliphatic rings. The van der Waals surface area contributed by atoms with Crippen molar-refractivity contribution in [1.82, 2.24) is 0 Å². The first kappa shape index (κ1) is 22.7. The van der Waals surface area contributed by atoms with Gasteiger partial charge in [-0.15, -0.1) is 6.61 Å². The van der Waals surface area contributed by atoms with Gasteiger partial charge in [0, 0.05) is 0 Å². The minimum atomic E-state index is 0. The molecule has 0 rings (SSSR count). The van der Waals surface area contributed by atoms with Gasteiger partial charge in [-0.1, -0.05) is 32.6 Å². The normalized spacial score (nSPS) is 6.55. The predicted molar refractivity (Wildman–Crippen MR) is 45.8 cm³/mol. The van der Waals surface area contributed by atoms with E-state index in [2.05, 4.69) is 13.8 Å². The molecule has 0 saturated heterocycles. The molecule has 11 heavy (non-hydrogen) atoms. The minimum Gasteiger partial charge on any atom is -1.00 e. The quantitative estimate of drug-likeness (QED) is 0.297. The predicted octanol–water partition coefficient (Wildman–Crippen LogP) is -1.61. The van der Waals surface area contributed by atoms with Crippen LogP contribution < -0.4 is 17.5 Å². The molecule has 0 saturated carbocycles. The largest absolute Gasteiger partial charge is 2.00 e. The van der Waals surface area contributed by atoms with Crippen molar-refractivity contribution in [2.45, 2.75) is 39.5 Å². The topological polar surface area (TPSA) is 23.1 Å². The number of unbranched alkanes of at least 4 members (excludes halogenated alkanes) is 3. The maximum Gasteiger partial charge on any atom is 2.00 e. The molecule has 0 heterocycles. The number of halogens is 1. The Bertz CT molecular complexity index is 33.3. The average Bonchev–Trinajstić information content (AvgIpc) is 1.94. The number of hydrogen-bond acceptors (Lipinski definition) is 1. The van der Waals surface area contributed by atoms with Crippen molar-refractivity contribution < 1.29 is 17.5 Å². The molecule has 66 valence electrons. The van der Waals surface area contributed by atoms with Crippen molar-refractivity contribution in [3.63, 3.8) is 0 Å². The van der Waals surface area contributed by atoms with Gasteiger partial charge in [-0.05, 0) is 0 Å². The van der Waals surface area contributed by atoms with Gasteiger partial charge < -0.3 is 24.4 Å². The maximum atomic E-state index is 9.80. The zero-order valence-electron chi connectivity index (χ0n) is 7.74. The molecule has 0 aromatic heterocycles. The van der Waals surface area contributed by atoms with Gasteiger partial charge in [0.05, 0.1) is 0 Å². The van der Waals surface area contributed by atoms with Crippen LogP contribution in [0.15, 0.2) is 0 Å². The van der Waals surface area contributed by atoms with Crippen LogP contribution in [0.2, 0.25) is 0 Å². The van der Waals surface area contributed by atoms with Gasteiger partial charge in [-0.2, -0.15) is 6.92 Å². The molecular weight excluding hydrogens is 172 g/mol. The molecule has 0 aliphatic carbocycles. The molecule has 1 nitrogen and oxygen atoms in total. The Morgan fingerprint density at radius 2 is 1.55 bits per heavy atom. The molecule has 0 aliphatic heterocycles. The van der Waals surface area contributed by atoms with Crippen molar-refractivity contribution in [3.05, 3.63) is 6.92 Å². The Morgan fingerprint density at radius 3 is 1.82 bits per heavy atom. The summed E-state index contributed by atoms with van der Waals surface area (Å²) in [6.07, 6.45) is 4.44. The van der Waals surface area contributed by atoms with E-state index < -0.39 is 0 Å². The summed E-state index contributed by atoms with van der Waals surface area (Å²) in [6.45, 7) is 7.25. The standard InChI is InChI=1S/C6H13O.C2H5.ClH.Mg/c1-2-3-4-5-6-7;1-2;;/h2-6H2,1H3;1H2,2H3;1H;/q2*-1;;+2/p-1. The molecule has 0 radical (unpaired) electrons. The molecule has 0 bridgehead atoms. The molecule has 0 unspecified atom stereocenters. The second-order valence-electron chi connectivity index (χ2n) is 1.76. The van der Waals surface area contributed by atoms with Crippen LogP contribution in [0.3, 0.4) is 0 Å². The molecule has 0 atom stereocenters. The van der Waals surface area contributed by atoms with Gasteiger partial charge in [-0.25, -0.2) is 0 Å². The third-order valence-corrected chi connectivity index (χ3v) is 0.998. The summed E-state index contributed by atoms with van der Waals surface area (Å²) in [5.74, 6) is 0. The molecule has 3 heteroatoms. The second kappa shape index (κ2) is 30.5. The Morgan fingerprint density at radius 1 is 1.09 bits per heavy atom. The molecule has 0 spiro atoms. The van der Waals surface area contributed by atoms with Crippen molar-refractivity contribution in [3.8, 4) is 0 Å². The van der Waals surface area contributed by atoms with Crippen LogP contribution in [0.4, 0.5) is 0 Å². The van der Waals surface area contributed by atoms with Crippen molar-refractivity contribution in [2.24, 2.45) is 0 Å². The molecule has 0 aromatic carbocycles. The smallest absolute Gasteiger partial charge is 1.00 e. The van der Waals surface area contributed by atoms with Crippen LogP contribution in [0.1, 0.15) is 39.5 Å². The van der Waals surface area contributed by atoms with E-state index in [1.165, 1.54) is 12.8 Å². The first-order valence-electron chi connectivity index (χ1n) is 3.70. The van der Waals surface area contributed by atoms with E-state index in [-0.39, 0.29) is 42.1 Å². The van der Waals surface area contributed by atoms with E-state index >= 15 is 0 Å². The van der Waals surface area contributed by atoms with Crippen LogP contribution in [-0.2, 0) is 0 Å². The SMILES string of the molecule is CCCCCC[O-].[CH2-]C.[Cl-].[Mg+2]. The van der Waals surface area contributed by atoms with Crippen LogP contribution >= 0.6 is 0 Å². The zero-order valence-corrected chi connectivity index (χ0v) is 9.91. The van der Waals surface area contributed by atoms with Gasteiger partial charge in [0.1, 0.15) is 0 Å². The number of rotatable bonds is 4. The summed E-state index contributed by atoms with van der Waals surface area (Å²) >= 11 is 0. The van der Waals surface area contributed by atoms with Crippen LogP contribution in [0.25, 0.3) is 0 Å². The van der Waals surface area contributed by atoms with E-state index in [4.69, 9.17) is 0 Å². The van der Waals surface area contributed by atoms with Gasteiger partial charge in [0.15, 0.2) is 0 Å². The summed E-state index contributed by atoms with van der Waals surface area (Å²) < 4.78 is 0. The van der Waals surface area contributed by atoms with Gasteiger partial charge in [0.25, 0.3) is 0 Å². The van der Waals surface area contributed by atoms with Crippen LogP contribution in [-0.4, -0.2) is 29.7 Å². The summed E-state index contributed by atoms with van der Waals surface area (Å²) in [4.78, 5) is 0. The molecular formula is C8H18ClMgO-. The average molecular weight is 190 g/mol. The Kier molecular flexibility index (Phi) is 63.0. The van der Waals surface area contributed by atoms with Crippen LogP contribution in [0.5, 0.6) is 0 Å². The zero-order chi connectivity index (χ0) is 7.54. The molecule has 0 aromatic rings. The summed E-state index contributed by atoms with van der Waals surface area (Å²) in [5, 5.41) is 9.80. The fourth-order valence-electron chi connectivity index (χ4n) is 0.529. The Hall–Kier alpha value is 1.02. The van der Waals surface area contributed by atoms with Crippen molar-refractivity contribution >= 4 is 23.1 Å². The first-order chi connectivity index (χ1) is 4.41. The van der Waals surface area contributed by atoms with Crippen molar-refractivity contribution in [2.75, 3.05) is 6.61 Å². The molecule has 0 N–H and O–H groups in total. The van der Waals surface area contributed by atoms with E-state index in [9.17, 15) is 5.11 Å². The maximum absolute atomic E-state index is 9.80. The summed E-state index contributed by atoms with van der Waals surface area (Å²) in [7, 11) is 0. The van der Waals surface area contributed by atoms with Gasteiger partial charge in [-0.3, -0.25) is 0 Å². The van der Waals surface area contributed by atoms with E-state index in [0.29, 0.717) is 0 Å². The minimum absolute atomic E-state index is 0.